The first-order valence-electron chi connectivity index (χ1n) is 7.97. The van der Waals surface area contributed by atoms with E-state index in [0.717, 1.165) is 12.2 Å². The predicted molar refractivity (Wildman–Crippen MR) is 98.7 cm³/mol. The molecule has 3 aromatic rings. The Kier molecular flexibility index (Phi) is 5.34. The van der Waals surface area contributed by atoms with Gasteiger partial charge in [0.05, 0.1) is 16.4 Å². The van der Waals surface area contributed by atoms with E-state index in [4.69, 9.17) is 17.3 Å². The van der Waals surface area contributed by atoms with Crippen molar-refractivity contribution >= 4 is 23.2 Å². The Morgan fingerprint density at radius 2 is 2.00 bits per heavy atom. The zero-order chi connectivity index (χ0) is 18.5. The Bertz CT molecular complexity index is 928. The van der Waals surface area contributed by atoms with Crippen LogP contribution in [0.5, 0.6) is 0 Å². The molecule has 0 fully saturated rings. The highest BCUT2D eigenvalue weighted by molar-refractivity contribution is 6.30. The van der Waals surface area contributed by atoms with E-state index in [9.17, 15) is 9.65 Å². The summed E-state index contributed by atoms with van der Waals surface area (Å²) >= 11 is 5.80. The number of rotatable bonds is 6. The Balaban J connectivity index is 1.68. The SMILES string of the molecule is N#Cc1c(CCCNc2ccc(Cl)cn2)nn(-c2ccc(F)cc2)c1N. The van der Waals surface area contributed by atoms with Gasteiger partial charge in [0, 0.05) is 12.7 Å². The number of nitrogens with one attached hydrogen (secondary N) is 1. The fourth-order valence-corrected chi connectivity index (χ4v) is 2.62. The average molecular weight is 371 g/mol. The van der Waals surface area contributed by atoms with Gasteiger partial charge in [-0.25, -0.2) is 14.1 Å². The highest BCUT2D eigenvalue weighted by Gasteiger charge is 2.16. The predicted octanol–water partition coefficient (Wildman–Crippen LogP) is 3.56. The Labute approximate surface area is 155 Å². The monoisotopic (exact) mass is 370 g/mol. The van der Waals surface area contributed by atoms with Gasteiger partial charge in [0.2, 0.25) is 0 Å². The maximum Gasteiger partial charge on any atom is 0.145 e. The largest absolute Gasteiger partial charge is 0.382 e. The van der Waals surface area contributed by atoms with Crippen LogP contribution in [-0.4, -0.2) is 21.3 Å². The molecule has 3 N–H and O–H groups in total. The van der Waals surface area contributed by atoms with Crippen LogP contribution < -0.4 is 11.1 Å². The second kappa shape index (κ2) is 7.85. The molecule has 0 atom stereocenters. The molecule has 0 radical (unpaired) electrons. The maximum atomic E-state index is 13.1. The lowest BCUT2D eigenvalue weighted by atomic mass is 10.1. The van der Waals surface area contributed by atoms with Crippen molar-refractivity contribution in [2.24, 2.45) is 0 Å². The number of nitriles is 1. The number of nitrogen functional groups attached to an aromatic ring is 1. The van der Waals surface area contributed by atoms with Gasteiger partial charge < -0.3 is 11.1 Å². The van der Waals surface area contributed by atoms with Crippen LogP contribution in [0.3, 0.4) is 0 Å². The molecule has 0 aliphatic heterocycles. The molecule has 2 heterocycles. The van der Waals surface area contributed by atoms with Crippen molar-refractivity contribution in [3.63, 3.8) is 0 Å². The number of aromatic nitrogens is 3. The second-order valence-electron chi connectivity index (χ2n) is 5.60. The molecule has 0 aliphatic carbocycles. The molecular weight excluding hydrogens is 355 g/mol. The Morgan fingerprint density at radius 3 is 2.65 bits per heavy atom. The summed E-state index contributed by atoms with van der Waals surface area (Å²) in [5.74, 6) is 0.634. The number of halogens is 2. The first kappa shape index (κ1) is 17.7. The quantitative estimate of drug-likeness (QED) is 0.647. The van der Waals surface area contributed by atoms with Gasteiger partial charge in [-0.05, 0) is 49.2 Å². The molecule has 0 saturated heterocycles. The van der Waals surface area contributed by atoms with E-state index in [-0.39, 0.29) is 11.6 Å². The van der Waals surface area contributed by atoms with Crippen molar-refractivity contribution in [2.75, 3.05) is 17.6 Å². The summed E-state index contributed by atoms with van der Waals surface area (Å²) in [4.78, 5) is 4.16. The molecule has 0 amide bonds. The van der Waals surface area contributed by atoms with Gasteiger partial charge in [0.1, 0.15) is 29.1 Å². The first-order chi connectivity index (χ1) is 12.6. The smallest absolute Gasteiger partial charge is 0.145 e. The van der Waals surface area contributed by atoms with Crippen LogP contribution >= 0.6 is 11.6 Å². The molecule has 1 aromatic carbocycles. The van der Waals surface area contributed by atoms with Crippen LogP contribution in [0, 0.1) is 17.1 Å². The minimum atomic E-state index is -0.345. The fraction of sp³-hybridized carbons (Fsp3) is 0.167. The third-order valence-corrected chi connectivity index (χ3v) is 4.02. The topological polar surface area (TPSA) is 92.5 Å². The third-order valence-electron chi connectivity index (χ3n) is 3.80. The average Bonchev–Trinajstić information content (AvgIpc) is 2.96. The number of pyridine rings is 1. The summed E-state index contributed by atoms with van der Waals surface area (Å²) in [5.41, 5.74) is 7.60. The lowest BCUT2D eigenvalue weighted by Crippen LogP contribution is -2.05. The van der Waals surface area contributed by atoms with Crippen LogP contribution in [0.15, 0.2) is 42.6 Å². The van der Waals surface area contributed by atoms with Gasteiger partial charge in [-0.15, -0.1) is 0 Å². The van der Waals surface area contributed by atoms with E-state index in [1.54, 1.807) is 30.5 Å². The maximum absolute atomic E-state index is 13.1. The number of anilines is 2. The van der Waals surface area contributed by atoms with Gasteiger partial charge in [0.25, 0.3) is 0 Å². The van der Waals surface area contributed by atoms with Crippen molar-refractivity contribution in [1.82, 2.24) is 14.8 Å². The lowest BCUT2D eigenvalue weighted by molar-refractivity contribution is 0.627. The van der Waals surface area contributed by atoms with E-state index >= 15 is 0 Å². The Hall–Kier alpha value is -3.11. The van der Waals surface area contributed by atoms with Crippen LogP contribution in [-0.2, 0) is 6.42 Å². The normalized spacial score (nSPS) is 10.5. The molecule has 132 valence electrons. The van der Waals surface area contributed by atoms with Crippen molar-refractivity contribution in [1.29, 1.82) is 5.26 Å². The molecule has 3 rings (SSSR count). The minimum Gasteiger partial charge on any atom is -0.382 e. The van der Waals surface area contributed by atoms with E-state index in [1.807, 2.05) is 0 Å². The summed E-state index contributed by atoms with van der Waals surface area (Å²) in [7, 11) is 0. The van der Waals surface area contributed by atoms with Gasteiger partial charge >= 0.3 is 0 Å². The summed E-state index contributed by atoms with van der Waals surface area (Å²) in [5, 5.41) is 17.6. The summed E-state index contributed by atoms with van der Waals surface area (Å²) < 4.78 is 14.5. The van der Waals surface area contributed by atoms with E-state index in [1.165, 1.54) is 16.8 Å². The minimum absolute atomic E-state index is 0.251. The van der Waals surface area contributed by atoms with E-state index in [0.29, 0.717) is 34.9 Å². The molecule has 8 heteroatoms. The zero-order valence-electron chi connectivity index (χ0n) is 13.8. The fourth-order valence-electron chi connectivity index (χ4n) is 2.51. The molecule has 2 aromatic heterocycles. The van der Waals surface area contributed by atoms with E-state index in [2.05, 4.69) is 21.5 Å². The lowest BCUT2D eigenvalue weighted by Gasteiger charge is -2.04. The number of nitrogens with zero attached hydrogens (tertiary/aromatic N) is 4. The molecule has 0 bridgehead atoms. The molecule has 0 aliphatic rings. The highest BCUT2D eigenvalue weighted by atomic mass is 35.5. The standard InChI is InChI=1S/C18H16ClFN6/c19-12-3-8-17(24-11-12)23-9-1-2-16-15(10-21)18(22)26(25-16)14-6-4-13(20)5-7-14/h3-8,11H,1-2,9,22H2,(H,23,24). The molecule has 0 saturated carbocycles. The molecule has 0 unspecified atom stereocenters. The van der Waals surface area contributed by atoms with Crippen LogP contribution in [0.4, 0.5) is 16.0 Å². The van der Waals surface area contributed by atoms with Gasteiger partial charge in [-0.1, -0.05) is 11.6 Å². The number of nitrogens with two attached hydrogens (primary N) is 1. The molecule has 26 heavy (non-hydrogen) atoms. The third kappa shape index (κ3) is 3.92. The number of benzene rings is 1. The summed E-state index contributed by atoms with van der Waals surface area (Å²) in [6.45, 7) is 0.656. The van der Waals surface area contributed by atoms with Crippen molar-refractivity contribution in [3.05, 3.63) is 64.7 Å². The first-order valence-corrected chi connectivity index (χ1v) is 8.35. The second-order valence-corrected chi connectivity index (χ2v) is 6.04. The molecular formula is C18H16ClFN6. The summed E-state index contributed by atoms with van der Waals surface area (Å²) in [6.07, 6.45) is 2.88. The van der Waals surface area contributed by atoms with Gasteiger partial charge in [-0.3, -0.25) is 0 Å². The molecule has 6 nitrogen and oxygen atoms in total. The molecule has 0 spiro atoms. The zero-order valence-corrected chi connectivity index (χ0v) is 14.5. The number of hydrogen-bond acceptors (Lipinski definition) is 5. The number of hydrogen-bond donors (Lipinski definition) is 2. The van der Waals surface area contributed by atoms with E-state index < -0.39 is 0 Å². The highest BCUT2D eigenvalue weighted by Crippen LogP contribution is 2.22. The van der Waals surface area contributed by atoms with Crippen molar-refractivity contribution < 1.29 is 4.39 Å². The van der Waals surface area contributed by atoms with Crippen molar-refractivity contribution in [2.45, 2.75) is 12.8 Å². The van der Waals surface area contributed by atoms with Gasteiger partial charge in [0.15, 0.2) is 0 Å². The van der Waals surface area contributed by atoms with Crippen molar-refractivity contribution in [3.8, 4) is 11.8 Å². The number of aryl methyl sites for hydroxylation is 1. The van der Waals surface area contributed by atoms with Crippen LogP contribution in [0.25, 0.3) is 5.69 Å². The summed E-state index contributed by atoms with van der Waals surface area (Å²) in [6, 6.07) is 11.4. The van der Waals surface area contributed by atoms with Crippen LogP contribution in [0.2, 0.25) is 5.02 Å². The van der Waals surface area contributed by atoms with Gasteiger partial charge in [-0.2, -0.15) is 10.4 Å². The van der Waals surface area contributed by atoms with Crippen LogP contribution in [0.1, 0.15) is 17.7 Å². The Morgan fingerprint density at radius 1 is 1.23 bits per heavy atom.